The number of allylic oxidation sites excluding steroid dienone is 1. The third kappa shape index (κ3) is 3.25. The number of sulfone groups is 1. The molecule has 0 saturated carbocycles. The average molecular weight is 309 g/mol. The topological polar surface area (TPSA) is 71.4 Å². The fourth-order valence-electron chi connectivity index (χ4n) is 1.26. The Kier molecular flexibility index (Phi) is 4.78. The van der Waals surface area contributed by atoms with Gasteiger partial charge >= 0.3 is 5.97 Å². The number of carbonyl (C=O) groups is 1. The molecular formula is C11H10Cl2O4S. The van der Waals surface area contributed by atoms with Gasteiger partial charge in [-0.05, 0) is 19.1 Å². The van der Waals surface area contributed by atoms with Crippen LogP contribution in [0.1, 0.15) is 17.3 Å². The summed E-state index contributed by atoms with van der Waals surface area (Å²) in [5.74, 6) is -1.59. The van der Waals surface area contributed by atoms with Gasteiger partial charge in [0.05, 0.1) is 21.2 Å². The number of hydrogen-bond acceptors (Lipinski definition) is 3. The second-order valence-corrected chi connectivity index (χ2v) is 6.24. The average Bonchev–Trinajstić information content (AvgIpc) is 2.28. The lowest BCUT2D eigenvalue weighted by molar-refractivity contribution is 0.0697. The number of carboxylic acid groups (broad SMARTS) is 1. The van der Waals surface area contributed by atoms with Crippen LogP contribution in [0.4, 0.5) is 0 Å². The number of aromatic carboxylic acids is 1. The maximum Gasteiger partial charge on any atom is 0.337 e. The van der Waals surface area contributed by atoms with Crippen molar-refractivity contribution in [2.45, 2.75) is 11.8 Å². The van der Waals surface area contributed by atoms with Crippen LogP contribution in [-0.2, 0) is 9.84 Å². The van der Waals surface area contributed by atoms with E-state index in [1.54, 1.807) is 13.0 Å². The maximum absolute atomic E-state index is 12.0. The van der Waals surface area contributed by atoms with Gasteiger partial charge in [-0.1, -0.05) is 35.4 Å². The molecule has 0 spiro atoms. The summed E-state index contributed by atoms with van der Waals surface area (Å²) < 4.78 is 23.9. The van der Waals surface area contributed by atoms with Crippen molar-refractivity contribution in [2.24, 2.45) is 0 Å². The van der Waals surface area contributed by atoms with Crippen molar-refractivity contribution in [3.63, 3.8) is 0 Å². The summed E-state index contributed by atoms with van der Waals surface area (Å²) in [4.78, 5) is 10.6. The van der Waals surface area contributed by atoms with E-state index in [4.69, 9.17) is 28.3 Å². The second kappa shape index (κ2) is 5.73. The zero-order valence-electron chi connectivity index (χ0n) is 9.35. The molecule has 18 heavy (non-hydrogen) atoms. The van der Waals surface area contributed by atoms with E-state index in [1.165, 1.54) is 6.08 Å². The first kappa shape index (κ1) is 15.0. The van der Waals surface area contributed by atoms with E-state index in [9.17, 15) is 13.2 Å². The quantitative estimate of drug-likeness (QED) is 0.868. The first-order valence-electron chi connectivity index (χ1n) is 4.86. The molecule has 0 radical (unpaired) electrons. The summed E-state index contributed by atoms with van der Waals surface area (Å²) in [7, 11) is -3.70. The molecule has 1 N–H and O–H groups in total. The third-order valence-electron chi connectivity index (χ3n) is 2.12. The van der Waals surface area contributed by atoms with Crippen LogP contribution in [0, 0.1) is 0 Å². The molecule has 0 heterocycles. The predicted molar refractivity (Wildman–Crippen MR) is 70.3 cm³/mol. The minimum absolute atomic E-state index is 0.0100. The SMILES string of the molecule is C/C=C/CS(=O)(=O)c1cc(Cl)cc(C(=O)O)c1Cl. The van der Waals surface area contributed by atoms with Gasteiger partial charge in [-0.25, -0.2) is 13.2 Å². The number of hydrogen-bond donors (Lipinski definition) is 1. The zero-order valence-corrected chi connectivity index (χ0v) is 11.7. The fourth-order valence-corrected chi connectivity index (χ4v) is 3.40. The molecule has 1 rings (SSSR count). The monoisotopic (exact) mass is 308 g/mol. The van der Waals surface area contributed by atoms with Gasteiger partial charge in [0.2, 0.25) is 0 Å². The molecule has 0 aliphatic heterocycles. The van der Waals surface area contributed by atoms with E-state index >= 15 is 0 Å². The predicted octanol–water partition coefficient (Wildman–Crippen LogP) is 3.04. The lowest BCUT2D eigenvalue weighted by atomic mass is 10.2. The summed E-state index contributed by atoms with van der Waals surface area (Å²) in [6.45, 7) is 1.68. The van der Waals surface area contributed by atoms with Crippen LogP contribution in [0.2, 0.25) is 10.0 Å². The standard InChI is InChI=1S/C11H10Cl2O4S/c1-2-3-4-18(16,17)9-6-7(12)5-8(10(9)13)11(14)15/h2-3,5-6H,4H2,1H3,(H,14,15)/b3-2+. The normalized spacial score (nSPS) is 11.9. The van der Waals surface area contributed by atoms with Crippen LogP contribution in [0.5, 0.6) is 0 Å². The van der Waals surface area contributed by atoms with Crippen LogP contribution in [-0.4, -0.2) is 25.2 Å². The Morgan fingerprint density at radius 3 is 2.50 bits per heavy atom. The van der Waals surface area contributed by atoms with Gasteiger partial charge in [0, 0.05) is 5.02 Å². The highest BCUT2D eigenvalue weighted by atomic mass is 35.5. The molecule has 0 aromatic heterocycles. The maximum atomic E-state index is 12.0. The Morgan fingerprint density at radius 1 is 1.39 bits per heavy atom. The molecule has 0 atom stereocenters. The third-order valence-corrected chi connectivity index (χ3v) is 4.48. The smallest absolute Gasteiger partial charge is 0.337 e. The van der Waals surface area contributed by atoms with Crippen molar-refractivity contribution in [1.82, 2.24) is 0 Å². The van der Waals surface area contributed by atoms with Crippen molar-refractivity contribution in [1.29, 1.82) is 0 Å². The first-order chi connectivity index (χ1) is 8.29. The molecular weight excluding hydrogens is 299 g/mol. The van der Waals surface area contributed by atoms with Crippen LogP contribution in [0.3, 0.4) is 0 Å². The minimum atomic E-state index is -3.70. The lowest BCUT2D eigenvalue weighted by Gasteiger charge is -2.08. The van der Waals surface area contributed by atoms with Crippen molar-refractivity contribution >= 4 is 39.0 Å². The summed E-state index contributed by atoms with van der Waals surface area (Å²) in [6, 6.07) is 2.26. The molecule has 0 unspecified atom stereocenters. The molecule has 0 aliphatic carbocycles. The highest BCUT2D eigenvalue weighted by molar-refractivity contribution is 7.91. The molecule has 0 aliphatic rings. The molecule has 7 heteroatoms. The van der Waals surface area contributed by atoms with Gasteiger partial charge in [0.25, 0.3) is 0 Å². The van der Waals surface area contributed by atoms with Gasteiger partial charge in [0.1, 0.15) is 0 Å². The largest absolute Gasteiger partial charge is 0.478 e. The van der Waals surface area contributed by atoms with Crippen LogP contribution >= 0.6 is 23.2 Å². The Hall–Kier alpha value is -1.04. The molecule has 98 valence electrons. The van der Waals surface area contributed by atoms with Crippen molar-refractivity contribution < 1.29 is 18.3 Å². The Bertz CT molecular complexity index is 606. The van der Waals surface area contributed by atoms with Gasteiger partial charge in [-0.3, -0.25) is 0 Å². The van der Waals surface area contributed by atoms with E-state index in [0.29, 0.717) is 0 Å². The van der Waals surface area contributed by atoms with E-state index < -0.39 is 15.8 Å². The van der Waals surface area contributed by atoms with Gasteiger partial charge < -0.3 is 5.11 Å². The van der Waals surface area contributed by atoms with Gasteiger partial charge in [0.15, 0.2) is 9.84 Å². The molecule has 4 nitrogen and oxygen atoms in total. The van der Waals surface area contributed by atoms with Gasteiger partial charge in [-0.15, -0.1) is 0 Å². The fraction of sp³-hybridized carbons (Fsp3) is 0.182. The second-order valence-electron chi connectivity index (χ2n) is 3.42. The summed E-state index contributed by atoms with van der Waals surface area (Å²) >= 11 is 11.5. The Balaban J connectivity index is 3.46. The Morgan fingerprint density at radius 2 is 2.00 bits per heavy atom. The van der Waals surface area contributed by atoms with E-state index in [2.05, 4.69) is 0 Å². The number of benzene rings is 1. The molecule has 1 aromatic carbocycles. The van der Waals surface area contributed by atoms with Gasteiger partial charge in [-0.2, -0.15) is 0 Å². The van der Waals surface area contributed by atoms with E-state index in [1.807, 2.05) is 0 Å². The molecule has 0 saturated heterocycles. The molecule has 0 fully saturated rings. The molecule has 1 aromatic rings. The number of rotatable bonds is 4. The summed E-state index contributed by atoms with van der Waals surface area (Å²) in [5.41, 5.74) is -0.330. The molecule has 0 bridgehead atoms. The minimum Gasteiger partial charge on any atom is -0.478 e. The summed E-state index contributed by atoms with van der Waals surface area (Å²) in [6.07, 6.45) is 3.01. The van der Waals surface area contributed by atoms with Crippen LogP contribution < -0.4 is 0 Å². The van der Waals surface area contributed by atoms with E-state index in [0.717, 1.165) is 12.1 Å². The van der Waals surface area contributed by atoms with Crippen molar-refractivity contribution in [3.8, 4) is 0 Å². The lowest BCUT2D eigenvalue weighted by Crippen LogP contribution is -2.08. The Labute approximate surface area is 115 Å². The van der Waals surface area contributed by atoms with Crippen molar-refractivity contribution in [3.05, 3.63) is 39.9 Å². The highest BCUT2D eigenvalue weighted by Gasteiger charge is 2.22. The number of carboxylic acids is 1. The van der Waals surface area contributed by atoms with Crippen molar-refractivity contribution in [2.75, 3.05) is 5.75 Å². The zero-order chi connectivity index (χ0) is 13.9. The van der Waals surface area contributed by atoms with E-state index in [-0.39, 0.29) is 26.3 Å². The summed E-state index contributed by atoms with van der Waals surface area (Å²) in [5, 5.41) is 8.59. The van der Waals surface area contributed by atoms with Crippen LogP contribution in [0.25, 0.3) is 0 Å². The highest BCUT2D eigenvalue weighted by Crippen LogP contribution is 2.30. The first-order valence-corrected chi connectivity index (χ1v) is 7.26. The molecule has 0 amide bonds. The number of halogens is 2. The van der Waals surface area contributed by atoms with Crippen LogP contribution in [0.15, 0.2) is 29.2 Å².